The van der Waals surface area contributed by atoms with Gasteiger partial charge in [0, 0.05) is 5.92 Å². The Hall–Kier alpha value is -0.340. The molecule has 1 aliphatic heterocycles. The zero-order chi connectivity index (χ0) is 9.64. The van der Waals surface area contributed by atoms with Crippen LogP contribution >= 0.6 is 0 Å². The summed E-state index contributed by atoms with van der Waals surface area (Å²) in [5.41, 5.74) is 0. The Balaban J connectivity index is 2.12. The van der Waals surface area contributed by atoms with Crippen molar-refractivity contribution >= 4 is 0 Å². The number of fused-ring (bicyclic) bond motifs is 1. The number of hydrogen-bond donors (Lipinski definition) is 0. The maximum atomic E-state index is 5.86. The largest absolute Gasteiger partial charge is 0.344 e. The highest BCUT2D eigenvalue weighted by Crippen LogP contribution is 2.39. The number of hydrogen-bond acceptors (Lipinski definition) is 2. The van der Waals surface area contributed by atoms with Gasteiger partial charge >= 0.3 is 0 Å². The third-order valence-electron chi connectivity index (χ3n) is 2.84. The summed E-state index contributed by atoms with van der Waals surface area (Å²) in [5, 5.41) is 0. The lowest BCUT2D eigenvalue weighted by molar-refractivity contribution is -0.149. The molecule has 3 atom stereocenters. The first kappa shape index (κ1) is 9.22. The zero-order valence-electron chi connectivity index (χ0n) is 8.78. The molecule has 0 aromatic heterocycles. The van der Waals surface area contributed by atoms with Gasteiger partial charge in [-0.15, -0.1) is 0 Å². The minimum absolute atomic E-state index is 0.183. The van der Waals surface area contributed by atoms with Gasteiger partial charge in [-0.2, -0.15) is 0 Å². The predicted molar refractivity (Wildman–Crippen MR) is 51.3 cm³/mol. The van der Waals surface area contributed by atoms with E-state index in [0.29, 0.717) is 11.8 Å². The normalized spacial score (nSPS) is 41.5. The van der Waals surface area contributed by atoms with E-state index in [1.807, 2.05) is 13.8 Å². The van der Waals surface area contributed by atoms with Crippen LogP contribution in [0.5, 0.6) is 0 Å². The van der Waals surface area contributed by atoms with Gasteiger partial charge in [-0.1, -0.05) is 26.0 Å². The van der Waals surface area contributed by atoms with Crippen LogP contribution in [-0.4, -0.2) is 18.0 Å². The van der Waals surface area contributed by atoms with Crippen LogP contribution in [0.3, 0.4) is 0 Å². The van der Waals surface area contributed by atoms with Crippen molar-refractivity contribution in [1.82, 2.24) is 0 Å². The molecule has 2 nitrogen and oxygen atoms in total. The summed E-state index contributed by atoms with van der Waals surface area (Å²) in [7, 11) is 0. The van der Waals surface area contributed by atoms with E-state index in [1.54, 1.807) is 0 Å². The molecule has 2 aliphatic rings. The van der Waals surface area contributed by atoms with Gasteiger partial charge in [-0.25, -0.2) is 0 Å². The molecule has 1 saturated heterocycles. The van der Waals surface area contributed by atoms with E-state index in [1.165, 1.54) is 0 Å². The predicted octanol–water partition coefficient (Wildman–Crippen LogP) is 2.35. The van der Waals surface area contributed by atoms with Crippen molar-refractivity contribution in [3.05, 3.63) is 12.2 Å². The molecule has 0 spiro atoms. The second kappa shape index (κ2) is 2.82. The topological polar surface area (TPSA) is 18.5 Å². The van der Waals surface area contributed by atoms with Crippen molar-refractivity contribution in [3.63, 3.8) is 0 Å². The first-order chi connectivity index (χ1) is 5.99. The van der Waals surface area contributed by atoms with Gasteiger partial charge in [0.2, 0.25) is 0 Å². The average Bonchev–Trinajstić information content (AvgIpc) is 2.41. The zero-order valence-corrected chi connectivity index (χ0v) is 8.78. The first-order valence-corrected chi connectivity index (χ1v) is 5.03. The van der Waals surface area contributed by atoms with Crippen molar-refractivity contribution in [2.75, 3.05) is 0 Å². The lowest BCUT2D eigenvalue weighted by atomic mass is 9.93. The summed E-state index contributed by atoms with van der Waals surface area (Å²) in [6.45, 7) is 8.42. The van der Waals surface area contributed by atoms with Crippen LogP contribution in [0.15, 0.2) is 12.2 Å². The van der Waals surface area contributed by atoms with Gasteiger partial charge in [0.1, 0.15) is 6.10 Å². The molecule has 0 saturated carbocycles. The molecule has 2 heteroatoms. The van der Waals surface area contributed by atoms with Gasteiger partial charge in [0.25, 0.3) is 0 Å². The molecule has 13 heavy (non-hydrogen) atoms. The molecule has 0 aromatic rings. The van der Waals surface area contributed by atoms with Gasteiger partial charge < -0.3 is 9.47 Å². The van der Waals surface area contributed by atoms with E-state index >= 15 is 0 Å². The molecule has 2 rings (SSSR count). The van der Waals surface area contributed by atoms with E-state index in [9.17, 15) is 0 Å². The Morgan fingerprint density at radius 2 is 1.85 bits per heavy atom. The van der Waals surface area contributed by atoms with Gasteiger partial charge in [-0.05, 0) is 19.8 Å². The van der Waals surface area contributed by atoms with Gasteiger partial charge in [0.05, 0.1) is 6.10 Å². The fourth-order valence-electron chi connectivity index (χ4n) is 2.21. The lowest BCUT2D eigenvalue weighted by Gasteiger charge is -2.22. The first-order valence-electron chi connectivity index (χ1n) is 5.03. The summed E-state index contributed by atoms with van der Waals surface area (Å²) in [4.78, 5) is 0. The molecule has 0 amide bonds. The van der Waals surface area contributed by atoms with E-state index < -0.39 is 5.79 Å². The Morgan fingerprint density at radius 3 is 2.46 bits per heavy atom. The molecule has 1 fully saturated rings. The summed E-state index contributed by atoms with van der Waals surface area (Å²) < 4.78 is 11.6. The van der Waals surface area contributed by atoms with E-state index in [2.05, 4.69) is 26.0 Å². The summed E-state index contributed by atoms with van der Waals surface area (Å²) in [6.07, 6.45) is 4.80. The fraction of sp³-hybridized carbons (Fsp3) is 0.818. The molecule has 0 bridgehead atoms. The monoisotopic (exact) mass is 182 g/mol. The fourth-order valence-corrected chi connectivity index (χ4v) is 2.21. The van der Waals surface area contributed by atoms with Crippen LogP contribution in [0.1, 0.15) is 27.7 Å². The maximum Gasteiger partial charge on any atom is 0.164 e. The smallest absolute Gasteiger partial charge is 0.164 e. The standard InChI is InChI=1S/C11H18O2/c1-7(2)8-5-6-9-10(8)13-11(3,4)12-9/h5-10H,1-4H3. The molecule has 0 aromatic carbocycles. The van der Waals surface area contributed by atoms with Gasteiger partial charge in [0.15, 0.2) is 5.79 Å². The molecule has 3 unspecified atom stereocenters. The Kier molecular flexibility index (Phi) is 2.00. The summed E-state index contributed by atoms with van der Waals surface area (Å²) in [6, 6.07) is 0. The van der Waals surface area contributed by atoms with Crippen LogP contribution in [0, 0.1) is 11.8 Å². The second-order valence-electron chi connectivity index (χ2n) is 4.77. The van der Waals surface area contributed by atoms with Crippen LogP contribution in [0.4, 0.5) is 0 Å². The molecule has 74 valence electrons. The van der Waals surface area contributed by atoms with Gasteiger partial charge in [-0.3, -0.25) is 0 Å². The summed E-state index contributed by atoms with van der Waals surface area (Å²) >= 11 is 0. The Labute approximate surface area is 79.9 Å². The van der Waals surface area contributed by atoms with Crippen LogP contribution < -0.4 is 0 Å². The maximum absolute atomic E-state index is 5.86. The lowest BCUT2D eigenvalue weighted by Crippen LogP contribution is -2.28. The minimum atomic E-state index is -0.396. The van der Waals surface area contributed by atoms with Crippen molar-refractivity contribution in [1.29, 1.82) is 0 Å². The Bertz CT molecular complexity index is 230. The molecular formula is C11H18O2. The second-order valence-corrected chi connectivity index (χ2v) is 4.77. The Morgan fingerprint density at radius 1 is 1.15 bits per heavy atom. The highest BCUT2D eigenvalue weighted by atomic mass is 16.8. The van der Waals surface area contributed by atoms with E-state index in [0.717, 1.165) is 0 Å². The van der Waals surface area contributed by atoms with Crippen LogP contribution in [-0.2, 0) is 9.47 Å². The van der Waals surface area contributed by atoms with Crippen LogP contribution in [0.25, 0.3) is 0 Å². The third-order valence-corrected chi connectivity index (χ3v) is 2.84. The van der Waals surface area contributed by atoms with Crippen LogP contribution in [0.2, 0.25) is 0 Å². The molecule has 1 heterocycles. The minimum Gasteiger partial charge on any atom is -0.344 e. The highest BCUT2D eigenvalue weighted by Gasteiger charge is 2.46. The third kappa shape index (κ3) is 1.53. The van der Waals surface area contributed by atoms with Crippen molar-refractivity contribution in [3.8, 4) is 0 Å². The van der Waals surface area contributed by atoms with E-state index in [4.69, 9.17) is 9.47 Å². The SMILES string of the molecule is CC(C)C1C=CC2OC(C)(C)OC21. The van der Waals surface area contributed by atoms with Crippen molar-refractivity contribution in [2.24, 2.45) is 11.8 Å². The summed E-state index contributed by atoms with van der Waals surface area (Å²) in [5.74, 6) is 0.753. The molecule has 0 N–H and O–H groups in total. The molecular weight excluding hydrogens is 164 g/mol. The quantitative estimate of drug-likeness (QED) is 0.579. The number of rotatable bonds is 1. The molecule has 1 aliphatic carbocycles. The average molecular weight is 182 g/mol. The highest BCUT2D eigenvalue weighted by molar-refractivity contribution is 5.13. The van der Waals surface area contributed by atoms with Crippen molar-refractivity contribution < 1.29 is 9.47 Å². The molecule has 0 radical (unpaired) electrons. The van der Waals surface area contributed by atoms with Crippen molar-refractivity contribution in [2.45, 2.75) is 45.7 Å². The number of ether oxygens (including phenoxy) is 2. The van der Waals surface area contributed by atoms with E-state index in [-0.39, 0.29) is 12.2 Å².